The van der Waals surface area contributed by atoms with Crippen molar-refractivity contribution in [1.82, 2.24) is 19.6 Å². The third-order valence-electron chi connectivity index (χ3n) is 5.70. The SMILES string of the molecule is [2H]C([2H])([2H])C(C)(NS(=O)(=O)c1cccc(Nc2nc(Nc3ccc(OCCN4CCCC4)cc3)ncc2C)c1)C([2H])([2H])[2H]. The molecule has 0 amide bonds. The molecule has 3 aromatic rings. The fraction of sp³-hybridized carbons (Fsp3) is 0.407. The predicted octanol–water partition coefficient (Wildman–Crippen LogP) is 4.82. The molecule has 0 aliphatic carbocycles. The summed E-state index contributed by atoms with van der Waals surface area (Å²) in [5.74, 6) is 1.46. The molecule has 0 atom stereocenters. The Labute approximate surface area is 228 Å². The maximum atomic E-state index is 13.1. The summed E-state index contributed by atoms with van der Waals surface area (Å²) in [4.78, 5) is 10.9. The van der Waals surface area contributed by atoms with Gasteiger partial charge in [0.15, 0.2) is 0 Å². The monoisotopic (exact) mass is 530 g/mol. The molecule has 0 saturated carbocycles. The molecule has 3 N–H and O–H groups in total. The predicted molar refractivity (Wildman–Crippen MR) is 147 cm³/mol. The first kappa shape index (κ1) is 19.8. The molecule has 1 saturated heterocycles. The van der Waals surface area contributed by atoms with Crippen LogP contribution in [0.1, 0.15) is 47.3 Å². The summed E-state index contributed by atoms with van der Waals surface area (Å²) in [7, 11) is -4.54. The highest BCUT2D eigenvalue weighted by atomic mass is 32.2. The zero-order valence-electron chi connectivity index (χ0n) is 26.9. The van der Waals surface area contributed by atoms with E-state index in [4.69, 9.17) is 13.0 Å². The smallest absolute Gasteiger partial charge is 0.241 e. The third-order valence-corrected chi connectivity index (χ3v) is 7.25. The van der Waals surface area contributed by atoms with Gasteiger partial charge >= 0.3 is 0 Å². The van der Waals surface area contributed by atoms with Crippen molar-refractivity contribution in [3.8, 4) is 5.75 Å². The number of aromatic nitrogens is 2. The van der Waals surface area contributed by atoms with Crippen molar-refractivity contribution >= 4 is 33.2 Å². The molecular formula is C27H36N6O3S. The van der Waals surface area contributed by atoms with E-state index in [1.54, 1.807) is 19.2 Å². The van der Waals surface area contributed by atoms with Crippen molar-refractivity contribution in [2.75, 3.05) is 36.9 Å². The molecule has 0 spiro atoms. The standard InChI is InChI=1S/C27H36N6O3S/c1-20-19-28-26(30-21-10-12-23(13-11-21)36-17-16-33-14-5-6-15-33)31-25(20)29-22-8-7-9-24(18-22)37(34,35)32-27(2,3)4/h7-13,18-19,32H,5-6,14-17H2,1-4H3,(H2,28,29,30,31)/i2D3,3D3. The van der Waals surface area contributed by atoms with Crippen molar-refractivity contribution in [2.45, 2.75) is 50.8 Å². The molecule has 1 aromatic heterocycles. The normalized spacial score (nSPS) is 17.6. The van der Waals surface area contributed by atoms with E-state index in [2.05, 4.69) is 25.5 Å². The first-order chi connectivity index (χ1) is 20.1. The zero-order chi connectivity index (χ0) is 31.5. The molecule has 2 heterocycles. The van der Waals surface area contributed by atoms with Crippen LogP contribution in [-0.2, 0) is 10.0 Å². The average molecular weight is 531 g/mol. The molecule has 4 rings (SSSR count). The molecule has 198 valence electrons. The maximum Gasteiger partial charge on any atom is 0.241 e. The number of anilines is 4. The van der Waals surface area contributed by atoms with Crippen LogP contribution in [0.4, 0.5) is 23.1 Å². The maximum absolute atomic E-state index is 13.1. The van der Waals surface area contributed by atoms with Crippen LogP contribution in [-0.4, -0.2) is 55.1 Å². The molecule has 37 heavy (non-hydrogen) atoms. The van der Waals surface area contributed by atoms with Crippen LogP contribution in [0.2, 0.25) is 0 Å². The Hall–Kier alpha value is -3.21. The molecule has 1 aliphatic heterocycles. The fourth-order valence-electron chi connectivity index (χ4n) is 3.90. The molecule has 0 radical (unpaired) electrons. The third kappa shape index (κ3) is 7.88. The minimum atomic E-state index is -4.54. The Morgan fingerprint density at radius 1 is 1.08 bits per heavy atom. The van der Waals surface area contributed by atoms with Crippen molar-refractivity contribution in [3.63, 3.8) is 0 Å². The summed E-state index contributed by atoms with van der Waals surface area (Å²) in [5.41, 5.74) is -0.955. The summed E-state index contributed by atoms with van der Waals surface area (Å²) < 4.78 is 80.0. The van der Waals surface area contributed by atoms with Crippen LogP contribution >= 0.6 is 0 Å². The first-order valence-corrected chi connectivity index (χ1v) is 13.5. The fourth-order valence-corrected chi connectivity index (χ4v) is 5.09. The van der Waals surface area contributed by atoms with Gasteiger partial charge in [0.2, 0.25) is 16.0 Å². The number of hydrogen-bond donors (Lipinski definition) is 3. The van der Waals surface area contributed by atoms with Gasteiger partial charge in [-0.15, -0.1) is 0 Å². The lowest BCUT2D eigenvalue weighted by atomic mass is 10.1. The van der Waals surface area contributed by atoms with Crippen LogP contribution in [0.3, 0.4) is 0 Å². The number of nitrogens with one attached hydrogen (secondary N) is 3. The van der Waals surface area contributed by atoms with E-state index in [1.165, 1.54) is 31.0 Å². The number of hydrogen-bond acceptors (Lipinski definition) is 8. The Kier molecular flexibility index (Phi) is 6.14. The largest absolute Gasteiger partial charge is 0.492 e. The van der Waals surface area contributed by atoms with Gasteiger partial charge in [0.05, 0.1) is 4.90 Å². The van der Waals surface area contributed by atoms with Gasteiger partial charge < -0.3 is 15.4 Å². The molecule has 10 heteroatoms. The van der Waals surface area contributed by atoms with E-state index in [9.17, 15) is 8.42 Å². The van der Waals surface area contributed by atoms with E-state index in [1.807, 2.05) is 29.0 Å². The summed E-state index contributed by atoms with van der Waals surface area (Å²) in [6.07, 6.45) is 4.09. The number of rotatable bonds is 10. The summed E-state index contributed by atoms with van der Waals surface area (Å²) >= 11 is 0. The number of aryl methyl sites for hydroxylation is 1. The second kappa shape index (κ2) is 11.5. The Bertz CT molecular complexity index is 1500. The van der Waals surface area contributed by atoms with Crippen molar-refractivity contribution < 1.29 is 21.4 Å². The Balaban J connectivity index is 1.44. The van der Waals surface area contributed by atoms with Crippen LogP contribution in [0, 0.1) is 6.92 Å². The molecule has 9 nitrogen and oxygen atoms in total. The van der Waals surface area contributed by atoms with Gasteiger partial charge in [0.1, 0.15) is 18.2 Å². The number of sulfonamides is 1. The molecule has 1 aliphatic rings. The number of ether oxygens (including phenoxy) is 1. The molecular weight excluding hydrogens is 488 g/mol. The van der Waals surface area contributed by atoms with Gasteiger partial charge in [0.25, 0.3) is 0 Å². The number of likely N-dealkylation sites (tertiary alicyclic amines) is 1. The first-order valence-electron chi connectivity index (χ1n) is 15.0. The van der Waals surface area contributed by atoms with E-state index < -0.39 is 29.3 Å². The molecule has 2 aromatic carbocycles. The zero-order valence-corrected chi connectivity index (χ0v) is 21.7. The van der Waals surface area contributed by atoms with Gasteiger partial charge in [0, 0.05) is 43.4 Å². The lowest BCUT2D eigenvalue weighted by Crippen LogP contribution is -2.40. The Morgan fingerprint density at radius 3 is 2.57 bits per heavy atom. The highest BCUT2D eigenvalue weighted by Gasteiger charge is 2.22. The minimum Gasteiger partial charge on any atom is -0.492 e. The molecule has 0 bridgehead atoms. The highest BCUT2D eigenvalue weighted by molar-refractivity contribution is 7.89. The van der Waals surface area contributed by atoms with E-state index in [-0.39, 0.29) is 4.90 Å². The summed E-state index contributed by atoms with van der Waals surface area (Å²) in [6, 6.07) is 13.0. The van der Waals surface area contributed by atoms with Crippen LogP contribution < -0.4 is 20.1 Å². The van der Waals surface area contributed by atoms with Crippen molar-refractivity contribution in [1.29, 1.82) is 0 Å². The Morgan fingerprint density at radius 2 is 1.84 bits per heavy atom. The quantitative estimate of drug-likeness (QED) is 0.342. The second-order valence-electron chi connectivity index (χ2n) is 9.16. The van der Waals surface area contributed by atoms with E-state index >= 15 is 0 Å². The van der Waals surface area contributed by atoms with Crippen LogP contribution in [0.15, 0.2) is 59.6 Å². The van der Waals surface area contributed by atoms with Crippen LogP contribution in [0.5, 0.6) is 5.75 Å². The van der Waals surface area contributed by atoms with Gasteiger partial charge in [-0.2, -0.15) is 4.98 Å². The summed E-state index contributed by atoms with van der Waals surface area (Å²) in [6.45, 7) is 0.136. The van der Waals surface area contributed by atoms with Gasteiger partial charge in [-0.1, -0.05) is 6.07 Å². The highest BCUT2D eigenvalue weighted by Crippen LogP contribution is 2.24. The number of benzene rings is 2. The van der Waals surface area contributed by atoms with Crippen molar-refractivity contribution in [2.24, 2.45) is 0 Å². The average Bonchev–Trinajstić information content (AvgIpc) is 3.44. The topological polar surface area (TPSA) is 108 Å². The van der Waals surface area contributed by atoms with Crippen molar-refractivity contribution in [3.05, 3.63) is 60.3 Å². The van der Waals surface area contributed by atoms with Gasteiger partial charge in [-0.25, -0.2) is 18.1 Å². The van der Waals surface area contributed by atoms with Crippen LogP contribution in [0.25, 0.3) is 0 Å². The lowest BCUT2D eigenvalue weighted by Gasteiger charge is -2.20. The second-order valence-corrected chi connectivity index (χ2v) is 10.8. The minimum absolute atomic E-state index is 0.298. The molecule has 0 unspecified atom stereocenters. The summed E-state index contributed by atoms with van der Waals surface area (Å²) in [5, 5.41) is 6.20. The molecule has 1 fully saturated rings. The van der Waals surface area contributed by atoms with Gasteiger partial charge in [-0.05, 0) is 95.9 Å². The van der Waals surface area contributed by atoms with E-state index in [0.717, 1.165) is 38.0 Å². The lowest BCUT2D eigenvalue weighted by molar-refractivity contribution is 0.238. The number of nitrogens with zero attached hydrogens (tertiary/aromatic N) is 3. The van der Waals surface area contributed by atoms with E-state index in [0.29, 0.717) is 29.6 Å². The van der Waals surface area contributed by atoms with Gasteiger partial charge in [-0.3, -0.25) is 4.90 Å².